The van der Waals surface area contributed by atoms with Crippen LogP contribution in [0.1, 0.15) is 111 Å². The summed E-state index contributed by atoms with van der Waals surface area (Å²) < 4.78 is 11.4. The fourth-order valence-electron chi connectivity index (χ4n) is 12.7. The van der Waals surface area contributed by atoms with Crippen LogP contribution in [0.2, 0.25) is 0 Å². The predicted octanol–water partition coefficient (Wildman–Crippen LogP) is 9.27. The molecule has 1 aromatic carbocycles. The summed E-state index contributed by atoms with van der Waals surface area (Å²) in [6.45, 7) is 19.9. The van der Waals surface area contributed by atoms with E-state index < -0.39 is 0 Å². The van der Waals surface area contributed by atoms with Crippen molar-refractivity contribution in [1.82, 2.24) is 0 Å². The van der Waals surface area contributed by atoms with E-state index >= 15 is 0 Å². The van der Waals surface area contributed by atoms with Crippen molar-refractivity contribution in [2.24, 2.45) is 56.7 Å². The lowest BCUT2D eigenvalue weighted by atomic mass is 9.32. The molecule has 5 saturated carbocycles. The number of hydrogen-bond donors (Lipinski definition) is 1. The first-order chi connectivity index (χ1) is 20.7. The van der Waals surface area contributed by atoms with Crippen molar-refractivity contribution in [2.45, 2.75) is 112 Å². The van der Waals surface area contributed by atoms with Gasteiger partial charge in [-0.2, -0.15) is 0 Å². The van der Waals surface area contributed by atoms with E-state index in [0.717, 1.165) is 43.4 Å². The molecule has 0 spiro atoms. The molecule has 1 aromatic rings. The van der Waals surface area contributed by atoms with Crippen molar-refractivity contribution in [3.8, 4) is 5.75 Å². The van der Waals surface area contributed by atoms with Crippen LogP contribution in [0.25, 0.3) is 6.08 Å². The second-order valence-electron chi connectivity index (χ2n) is 17.1. The standard InChI is InChI=1S/C40H58O4/c1-26(2)29-17-22-40(25-44-34(42)16-11-27-9-12-28(43-8)13-10-27)24-23-38(6)30(35(29)40)14-15-32-37(5)20-19-33(41)36(3,4)31(37)18-21-39(32,38)7/h9-13,16,29-33,35,41H,1,14-15,17-25H2,2-8H3/b16-11+/t29-,30+,31+,32+,33-,35-,37+,38+,39+,40+/m0/s1. The van der Waals surface area contributed by atoms with Gasteiger partial charge in [0.05, 0.1) is 19.8 Å². The number of rotatable bonds is 6. The Balaban J connectivity index is 1.25. The van der Waals surface area contributed by atoms with E-state index in [-0.39, 0.29) is 39.1 Å². The van der Waals surface area contributed by atoms with E-state index in [1.807, 2.05) is 30.3 Å². The molecule has 0 amide bonds. The molecular formula is C40H58O4. The summed E-state index contributed by atoms with van der Waals surface area (Å²) in [7, 11) is 1.66. The second kappa shape index (κ2) is 11.0. The zero-order chi connectivity index (χ0) is 31.7. The molecule has 0 aromatic heterocycles. The number of carbonyl (C=O) groups excluding carboxylic acids is 1. The molecule has 44 heavy (non-hydrogen) atoms. The molecule has 0 aliphatic heterocycles. The number of ether oxygens (including phenoxy) is 2. The third-order valence-corrected chi connectivity index (χ3v) is 15.2. The molecule has 0 saturated heterocycles. The van der Waals surface area contributed by atoms with Gasteiger partial charge in [-0.25, -0.2) is 4.79 Å². The third kappa shape index (κ3) is 4.66. The summed E-state index contributed by atoms with van der Waals surface area (Å²) in [5, 5.41) is 11.0. The smallest absolute Gasteiger partial charge is 0.330 e. The summed E-state index contributed by atoms with van der Waals surface area (Å²) in [5.41, 5.74) is 3.13. The Morgan fingerprint density at radius 1 is 0.909 bits per heavy atom. The van der Waals surface area contributed by atoms with Crippen molar-refractivity contribution in [3.05, 3.63) is 48.1 Å². The number of fused-ring (bicyclic) bond motifs is 7. The minimum absolute atomic E-state index is 0.0179. The van der Waals surface area contributed by atoms with Crippen LogP contribution in [-0.2, 0) is 9.53 Å². The first-order valence-electron chi connectivity index (χ1n) is 17.5. The van der Waals surface area contributed by atoms with Gasteiger partial charge in [0.2, 0.25) is 0 Å². The maximum absolute atomic E-state index is 13.0. The topological polar surface area (TPSA) is 55.8 Å². The largest absolute Gasteiger partial charge is 0.497 e. The highest BCUT2D eigenvalue weighted by Crippen LogP contribution is 2.77. The molecule has 0 bridgehead atoms. The molecule has 1 N–H and O–H groups in total. The number of aliphatic hydroxyl groups is 1. The molecule has 0 unspecified atom stereocenters. The van der Waals surface area contributed by atoms with Gasteiger partial charge in [-0.1, -0.05) is 58.9 Å². The monoisotopic (exact) mass is 602 g/mol. The second-order valence-corrected chi connectivity index (χ2v) is 17.1. The Morgan fingerprint density at radius 2 is 1.64 bits per heavy atom. The number of methoxy groups -OCH3 is 1. The zero-order valence-corrected chi connectivity index (χ0v) is 28.6. The molecule has 5 aliphatic rings. The van der Waals surface area contributed by atoms with Gasteiger partial charge in [0.15, 0.2) is 0 Å². The number of allylic oxidation sites excluding steroid dienone is 1. The highest BCUT2D eigenvalue weighted by Gasteiger charge is 2.71. The Hall–Kier alpha value is -2.07. The molecule has 5 fully saturated rings. The van der Waals surface area contributed by atoms with E-state index in [1.165, 1.54) is 37.7 Å². The third-order valence-electron chi connectivity index (χ3n) is 15.2. The molecule has 0 radical (unpaired) electrons. The normalized spacial score (nSPS) is 44.2. The van der Waals surface area contributed by atoms with Gasteiger partial charge in [0.25, 0.3) is 0 Å². The van der Waals surface area contributed by atoms with Crippen molar-refractivity contribution in [2.75, 3.05) is 13.7 Å². The molecule has 242 valence electrons. The van der Waals surface area contributed by atoms with Crippen LogP contribution in [0, 0.1) is 56.7 Å². The molecule has 10 atom stereocenters. The average Bonchev–Trinajstić information content (AvgIpc) is 3.38. The van der Waals surface area contributed by atoms with Crippen molar-refractivity contribution in [1.29, 1.82) is 0 Å². The average molecular weight is 603 g/mol. The van der Waals surface area contributed by atoms with Gasteiger partial charge in [-0.3, -0.25) is 0 Å². The van der Waals surface area contributed by atoms with Crippen LogP contribution in [0.3, 0.4) is 0 Å². The lowest BCUT2D eigenvalue weighted by molar-refractivity contribution is -0.249. The number of carbonyl (C=O) groups is 1. The van der Waals surface area contributed by atoms with Gasteiger partial charge >= 0.3 is 5.97 Å². The van der Waals surface area contributed by atoms with E-state index in [2.05, 4.69) is 48.1 Å². The maximum Gasteiger partial charge on any atom is 0.330 e. The minimum atomic E-state index is -0.245. The summed E-state index contributed by atoms with van der Waals surface area (Å²) >= 11 is 0. The number of hydrogen-bond acceptors (Lipinski definition) is 4. The molecule has 4 heteroatoms. The van der Waals surface area contributed by atoms with Crippen LogP contribution < -0.4 is 4.74 Å². The lowest BCUT2D eigenvalue weighted by Gasteiger charge is -2.73. The van der Waals surface area contributed by atoms with E-state index in [0.29, 0.717) is 36.2 Å². The highest BCUT2D eigenvalue weighted by molar-refractivity contribution is 5.87. The predicted molar refractivity (Wildman–Crippen MR) is 178 cm³/mol. The first-order valence-corrected chi connectivity index (χ1v) is 17.5. The van der Waals surface area contributed by atoms with Crippen molar-refractivity contribution >= 4 is 12.0 Å². The first kappa shape index (κ1) is 31.9. The molecule has 0 heterocycles. The van der Waals surface area contributed by atoms with Crippen LogP contribution in [0.4, 0.5) is 0 Å². The Kier molecular flexibility index (Phi) is 7.99. The highest BCUT2D eigenvalue weighted by atomic mass is 16.5. The van der Waals surface area contributed by atoms with Gasteiger partial charge in [0.1, 0.15) is 5.75 Å². The van der Waals surface area contributed by atoms with E-state index in [4.69, 9.17) is 9.47 Å². The zero-order valence-electron chi connectivity index (χ0n) is 28.6. The summed E-state index contributed by atoms with van der Waals surface area (Å²) in [6.07, 6.45) is 15.0. The Morgan fingerprint density at radius 3 is 2.32 bits per heavy atom. The fraction of sp³-hybridized carbons (Fsp3) is 0.725. The van der Waals surface area contributed by atoms with E-state index in [9.17, 15) is 9.90 Å². The summed E-state index contributed by atoms with van der Waals surface area (Å²) in [5.74, 6) is 3.48. The number of benzene rings is 1. The Labute approximate surface area is 267 Å². The van der Waals surface area contributed by atoms with Crippen LogP contribution in [0.15, 0.2) is 42.5 Å². The van der Waals surface area contributed by atoms with Gasteiger partial charge in [-0.15, -0.1) is 0 Å². The molecular weight excluding hydrogens is 544 g/mol. The summed E-state index contributed by atoms with van der Waals surface area (Å²) in [4.78, 5) is 13.0. The summed E-state index contributed by atoms with van der Waals surface area (Å²) in [6, 6.07) is 7.72. The Bertz CT molecular complexity index is 1290. The molecule has 6 rings (SSSR count). The van der Waals surface area contributed by atoms with Gasteiger partial charge < -0.3 is 14.6 Å². The van der Waals surface area contributed by atoms with Crippen molar-refractivity contribution < 1.29 is 19.4 Å². The quantitative estimate of drug-likeness (QED) is 0.200. The lowest BCUT2D eigenvalue weighted by Crippen LogP contribution is -2.66. The fourth-order valence-corrected chi connectivity index (χ4v) is 12.7. The molecule has 5 aliphatic carbocycles. The van der Waals surface area contributed by atoms with Gasteiger partial charge in [0, 0.05) is 11.5 Å². The van der Waals surface area contributed by atoms with Crippen LogP contribution in [-0.4, -0.2) is 30.9 Å². The maximum atomic E-state index is 13.0. The number of aliphatic hydroxyl groups excluding tert-OH is 1. The molecule has 4 nitrogen and oxygen atoms in total. The number of esters is 1. The van der Waals surface area contributed by atoms with Crippen molar-refractivity contribution in [3.63, 3.8) is 0 Å². The van der Waals surface area contributed by atoms with E-state index in [1.54, 1.807) is 13.2 Å². The SMILES string of the molecule is C=C(C)[C@@H]1CC[C@]2(COC(=O)/C=C/c3ccc(OC)cc3)CC[C@]3(C)[C@H](CC[C@@H]4[C@]5(C)CC[C@H](O)C(C)(C)[C@H]5CC[C@]43C)[C@H]12. The minimum Gasteiger partial charge on any atom is -0.497 e. The van der Waals surface area contributed by atoms with Crippen LogP contribution in [0.5, 0.6) is 5.75 Å². The van der Waals surface area contributed by atoms with Gasteiger partial charge in [-0.05, 0) is 146 Å². The van der Waals surface area contributed by atoms with Crippen LogP contribution >= 0.6 is 0 Å².